The van der Waals surface area contributed by atoms with E-state index < -0.39 is 0 Å². The number of nitrogens with zero attached hydrogens (tertiary/aromatic N) is 4. The summed E-state index contributed by atoms with van der Waals surface area (Å²) in [4.78, 5) is 12.5. The van der Waals surface area contributed by atoms with Crippen LogP contribution in [-0.4, -0.2) is 37.9 Å². The average Bonchev–Trinajstić information content (AvgIpc) is 3.43. The number of ether oxygens (including phenoxy) is 2. The van der Waals surface area contributed by atoms with E-state index in [1.54, 1.807) is 6.33 Å². The standard InChI is InChI=1S/C25H28N6O2/c1-15(2)23(16-6-7-21-22(10-16)33-9-8-32-21)30-25-19-11-20(29-24(19)26-14-27-25)17-12-28-31(13-17)18-4-3-5-18/h6-7,10-15,18,23H,3-5,8-9H2,1-2H3,(H2,26,27,29,30)/t23-/m1/s1. The van der Waals surface area contributed by atoms with Gasteiger partial charge in [-0.05, 0) is 48.9 Å². The van der Waals surface area contributed by atoms with Crippen LogP contribution in [0.1, 0.15) is 50.8 Å². The van der Waals surface area contributed by atoms with Gasteiger partial charge in [-0.15, -0.1) is 0 Å². The Morgan fingerprint density at radius 2 is 1.94 bits per heavy atom. The van der Waals surface area contributed by atoms with Crippen LogP contribution in [0.5, 0.6) is 11.5 Å². The van der Waals surface area contributed by atoms with Crippen molar-refractivity contribution in [2.45, 2.75) is 45.2 Å². The summed E-state index contributed by atoms with van der Waals surface area (Å²) in [6, 6.07) is 8.87. The smallest absolute Gasteiger partial charge is 0.161 e. The molecule has 1 fully saturated rings. The normalized spacial score (nSPS) is 16.7. The molecule has 1 aromatic carbocycles. The summed E-state index contributed by atoms with van der Waals surface area (Å²) in [5.74, 6) is 2.74. The third-order valence-electron chi connectivity index (χ3n) is 6.67. The molecule has 0 amide bonds. The molecule has 1 atom stereocenters. The molecule has 8 heteroatoms. The van der Waals surface area contributed by atoms with E-state index in [1.807, 2.05) is 12.3 Å². The summed E-state index contributed by atoms with van der Waals surface area (Å²) in [6.45, 7) is 5.56. The molecule has 4 heterocycles. The van der Waals surface area contributed by atoms with Crippen molar-refractivity contribution in [1.29, 1.82) is 0 Å². The van der Waals surface area contributed by atoms with Crippen LogP contribution in [0.15, 0.2) is 43.0 Å². The lowest BCUT2D eigenvalue weighted by Gasteiger charge is -2.26. The number of hydrogen-bond acceptors (Lipinski definition) is 6. The minimum absolute atomic E-state index is 0.0543. The van der Waals surface area contributed by atoms with Crippen LogP contribution in [0.4, 0.5) is 5.82 Å². The molecule has 0 bridgehead atoms. The molecule has 0 spiro atoms. The third-order valence-corrected chi connectivity index (χ3v) is 6.67. The van der Waals surface area contributed by atoms with E-state index in [4.69, 9.17) is 9.47 Å². The molecule has 6 rings (SSSR count). The van der Waals surface area contributed by atoms with Gasteiger partial charge in [0.15, 0.2) is 11.5 Å². The largest absolute Gasteiger partial charge is 0.486 e. The maximum atomic E-state index is 5.81. The van der Waals surface area contributed by atoms with Gasteiger partial charge in [0.05, 0.1) is 29.4 Å². The molecule has 33 heavy (non-hydrogen) atoms. The SMILES string of the molecule is CC(C)[C@@H](Nc1ncnc2[nH]c(-c3cnn(C4CCC4)c3)cc12)c1ccc2c(c1)OCCO2. The first-order chi connectivity index (χ1) is 16.2. The second-order valence-corrected chi connectivity index (χ2v) is 9.23. The van der Waals surface area contributed by atoms with Gasteiger partial charge >= 0.3 is 0 Å². The molecule has 3 aromatic heterocycles. The molecular formula is C25H28N6O2. The fourth-order valence-corrected chi connectivity index (χ4v) is 4.57. The minimum atomic E-state index is 0.0543. The van der Waals surface area contributed by atoms with Crippen molar-refractivity contribution in [3.63, 3.8) is 0 Å². The van der Waals surface area contributed by atoms with E-state index in [9.17, 15) is 0 Å². The summed E-state index contributed by atoms with van der Waals surface area (Å²) in [5.41, 5.74) is 4.01. The molecule has 1 saturated carbocycles. The Hall–Kier alpha value is -3.55. The zero-order chi connectivity index (χ0) is 22.4. The fourth-order valence-electron chi connectivity index (χ4n) is 4.57. The quantitative estimate of drug-likeness (QED) is 0.429. The number of aromatic nitrogens is 5. The maximum Gasteiger partial charge on any atom is 0.161 e. The van der Waals surface area contributed by atoms with Gasteiger partial charge < -0.3 is 19.8 Å². The van der Waals surface area contributed by atoms with Crippen LogP contribution < -0.4 is 14.8 Å². The number of aromatic amines is 1. The number of benzene rings is 1. The van der Waals surface area contributed by atoms with Crippen LogP contribution in [0.3, 0.4) is 0 Å². The van der Waals surface area contributed by atoms with Crippen LogP contribution in [-0.2, 0) is 0 Å². The van der Waals surface area contributed by atoms with Gasteiger partial charge in [0.2, 0.25) is 0 Å². The third kappa shape index (κ3) is 3.69. The summed E-state index contributed by atoms with van der Waals surface area (Å²) in [7, 11) is 0. The second kappa shape index (κ2) is 8.10. The Morgan fingerprint density at radius 3 is 2.73 bits per heavy atom. The number of fused-ring (bicyclic) bond motifs is 2. The molecule has 0 radical (unpaired) electrons. The Kier molecular flexibility index (Phi) is 4.93. The molecule has 1 aliphatic heterocycles. The molecular weight excluding hydrogens is 416 g/mol. The molecule has 0 unspecified atom stereocenters. The molecule has 1 aliphatic carbocycles. The summed E-state index contributed by atoms with van der Waals surface area (Å²) < 4.78 is 13.6. The highest BCUT2D eigenvalue weighted by atomic mass is 16.6. The van der Waals surface area contributed by atoms with Gasteiger partial charge in [-0.3, -0.25) is 4.68 Å². The van der Waals surface area contributed by atoms with E-state index in [0.717, 1.165) is 45.2 Å². The maximum absolute atomic E-state index is 5.81. The highest BCUT2D eigenvalue weighted by Crippen LogP contribution is 2.37. The number of nitrogens with one attached hydrogen (secondary N) is 2. The minimum Gasteiger partial charge on any atom is -0.486 e. The van der Waals surface area contributed by atoms with Crippen LogP contribution in [0.2, 0.25) is 0 Å². The Labute approximate surface area is 192 Å². The summed E-state index contributed by atoms with van der Waals surface area (Å²) in [6.07, 6.45) is 9.37. The first-order valence-corrected chi connectivity index (χ1v) is 11.7. The van der Waals surface area contributed by atoms with Gasteiger partial charge in [-0.2, -0.15) is 5.10 Å². The topological polar surface area (TPSA) is 89.9 Å². The number of rotatable bonds is 6. The summed E-state index contributed by atoms with van der Waals surface area (Å²) in [5, 5.41) is 9.20. The zero-order valence-corrected chi connectivity index (χ0v) is 18.9. The second-order valence-electron chi connectivity index (χ2n) is 9.23. The summed E-state index contributed by atoms with van der Waals surface area (Å²) >= 11 is 0. The van der Waals surface area contributed by atoms with Crippen molar-refractivity contribution in [2.24, 2.45) is 5.92 Å². The van der Waals surface area contributed by atoms with Crippen molar-refractivity contribution in [2.75, 3.05) is 18.5 Å². The first kappa shape index (κ1) is 20.1. The van der Waals surface area contributed by atoms with Gasteiger partial charge in [-0.1, -0.05) is 19.9 Å². The van der Waals surface area contributed by atoms with Crippen molar-refractivity contribution in [3.8, 4) is 22.8 Å². The van der Waals surface area contributed by atoms with Crippen molar-refractivity contribution in [3.05, 3.63) is 48.5 Å². The highest BCUT2D eigenvalue weighted by Gasteiger charge is 2.23. The lowest BCUT2D eigenvalue weighted by Crippen LogP contribution is -2.19. The van der Waals surface area contributed by atoms with E-state index in [2.05, 4.69) is 68.3 Å². The molecule has 8 nitrogen and oxygen atoms in total. The van der Waals surface area contributed by atoms with Crippen molar-refractivity contribution in [1.82, 2.24) is 24.7 Å². The lowest BCUT2D eigenvalue weighted by atomic mass is 9.93. The van der Waals surface area contributed by atoms with Gasteiger partial charge in [0, 0.05) is 11.8 Å². The Balaban J connectivity index is 1.31. The van der Waals surface area contributed by atoms with Gasteiger partial charge in [0.1, 0.15) is 31.0 Å². The van der Waals surface area contributed by atoms with Crippen molar-refractivity contribution >= 4 is 16.9 Å². The van der Waals surface area contributed by atoms with Gasteiger partial charge in [-0.25, -0.2) is 9.97 Å². The van der Waals surface area contributed by atoms with Crippen LogP contribution in [0, 0.1) is 5.92 Å². The van der Waals surface area contributed by atoms with E-state index in [1.165, 1.54) is 19.3 Å². The van der Waals surface area contributed by atoms with Crippen LogP contribution in [0.25, 0.3) is 22.3 Å². The number of anilines is 1. The molecule has 2 aliphatic rings. The van der Waals surface area contributed by atoms with Gasteiger partial charge in [0.25, 0.3) is 0 Å². The highest BCUT2D eigenvalue weighted by molar-refractivity contribution is 5.91. The Bertz CT molecular complexity index is 1290. The number of hydrogen-bond donors (Lipinski definition) is 2. The fraction of sp³-hybridized carbons (Fsp3) is 0.400. The molecule has 0 saturated heterocycles. The molecule has 4 aromatic rings. The van der Waals surface area contributed by atoms with Crippen LogP contribution >= 0.6 is 0 Å². The average molecular weight is 445 g/mol. The first-order valence-electron chi connectivity index (χ1n) is 11.7. The van der Waals surface area contributed by atoms with E-state index in [-0.39, 0.29) is 6.04 Å². The predicted molar refractivity (Wildman–Crippen MR) is 127 cm³/mol. The van der Waals surface area contributed by atoms with Crippen molar-refractivity contribution < 1.29 is 9.47 Å². The van der Waals surface area contributed by atoms with E-state index in [0.29, 0.717) is 25.2 Å². The number of H-pyrrole nitrogens is 1. The molecule has 170 valence electrons. The monoisotopic (exact) mass is 444 g/mol. The lowest BCUT2D eigenvalue weighted by molar-refractivity contribution is 0.171. The molecule has 2 N–H and O–H groups in total. The Morgan fingerprint density at radius 1 is 1.09 bits per heavy atom. The van der Waals surface area contributed by atoms with E-state index >= 15 is 0 Å². The predicted octanol–water partition coefficient (Wildman–Crippen LogP) is 5.13. The zero-order valence-electron chi connectivity index (χ0n) is 18.9.